The second-order valence-corrected chi connectivity index (χ2v) is 3.24. The summed E-state index contributed by atoms with van der Waals surface area (Å²) < 4.78 is 2.46. The average molecular weight is 270 g/mol. The molecule has 0 aliphatic rings. The topological polar surface area (TPSA) is 0 Å². The molecule has 38 valence electrons. The zero-order valence-corrected chi connectivity index (χ0v) is 7.23. The van der Waals surface area contributed by atoms with Crippen molar-refractivity contribution in [1.82, 2.24) is 0 Å². The van der Waals surface area contributed by atoms with E-state index in [-0.39, 0.29) is 0 Å². The Morgan fingerprint density at radius 3 is 2.57 bits per heavy atom. The summed E-state index contributed by atoms with van der Waals surface area (Å²) >= 11 is 5.63. The van der Waals surface area contributed by atoms with Crippen LogP contribution in [0.15, 0.2) is 22.7 Å². The summed E-state index contributed by atoms with van der Waals surface area (Å²) in [6.07, 6.45) is 0. The Bertz CT molecular complexity index is 140. The molecular formula is C5H3BrI-. The zero-order chi connectivity index (χ0) is 5.28. The molecule has 0 radical (unpaired) electrons. The van der Waals surface area contributed by atoms with Crippen LogP contribution in [0, 0.1) is 3.57 Å². The zero-order valence-electron chi connectivity index (χ0n) is 3.49. The molecule has 0 saturated heterocycles. The van der Waals surface area contributed by atoms with Gasteiger partial charge in [-0.15, -0.1) is 15.9 Å². The molecule has 1 aromatic carbocycles. The van der Waals surface area contributed by atoms with Gasteiger partial charge in [-0.3, -0.25) is 0 Å². The number of halogens is 2. The normalized spacial score (nSPS) is 9.43. The summed E-state index contributed by atoms with van der Waals surface area (Å²) in [5.74, 6) is 0. The largest absolute Gasteiger partial charge is 0.212 e. The predicted octanol–water partition coefficient (Wildman–Crippen LogP) is 2.77. The highest BCUT2D eigenvalue weighted by atomic mass is 127. The maximum Gasteiger partial charge on any atom is -0.0733 e. The summed E-state index contributed by atoms with van der Waals surface area (Å²) in [6.45, 7) is 0. The van der Waals surface area contributed by atoms with Gasteiger partial charge in [-0.05, 0) is 0 Å². The fourth-order valence-corrected chi connectivity index (χ4v) is 1.05. The first-order valence-corrected chi connectivity index (χ1v) is 3.74. The van der Waals surface area contributed by atoms with E-state index < -0.39 is 0 Å². The van der Waals surface area contributed by atoms with Gasteiger partial charge in [0, 0.05) is 0 Å². The van der Waals surface area contributed by atoms with Crippen LogP contribution in [0.5, 0.6) is 0 Å². The van der Waals surface area contributed by atoms with Crippen LogP contribution in [-0.2, 0) is 0 Å². The van der Waals surface area contributed by atoms with Crippen LogP contribution in [0.3, 0.4) is 0 Å². The average Bonchev–Trinajstić information content (AvgIpc) is 1.91. The van der Waals surface area contributed by atoms with Gasteiger partial charge in [-0.2, -0.15) is 12.1 Å². The molecule has 7 heavy (non-hydrogen) atoms. The number of rotatable bonds is 0. The van der Waals surface area contributed by atoms with Gasteiger partial charge >= 0.3 is 0 Å². The first kappa shape index (κ1) is 5.69. The summed E-state index contributed by atoms with van der Waals surface area (Å²) in [5.41, 5.74) is 0. The molecule has 0 N–H and O–H groups in total. The van der Waals surface area contributed by atoms with Gasteiger partial charge in [-0.25, -0.2) is 6.07 Å². The van der Waals surface area contributed by atoms with E-state index in [2.05, 4.69) is 44.6 Å². The van der Waals surface area contributed by atoms with Gasteiger partial charge in [0.2, 0.25) is 0 Å². The lowest BCUT2D eigenvalue weighted by atomic mass is 10.7. The van der Waals surface area contributed by atoms with Crippen molar-refractivity contribution in [2.45, 2.75) is 0 Å². The minimum Gasteiger partial charge on any atom is -0.212 e. The molecule has 1 aromatic rings. The lowest BCUT2D eigenvalue weighted by Gasteiger charge is -1.87. The van der Waals surface area contributed by atoms with E-state index >= 15 is 0 Å². The van der Waals surface area contributed by atoms with E-state index in [1.54, 1.807) is 0 Å². The molecule has 0 saturated carbocycles. The van der Waals surface area contributed by atoms with Crippen molar-refractivity contribution >= 4 is 38.5 Å². The highest BCUT2D eigenvalue weighted by Crippen LogP contribution is 2.18. The van der Waals surface area contributed by atoms with Crippen LogP contribution in [0.25, 0.3) is 0 Å². The van der Waals surface area contributed by atoms with Crippen molar-refractivity contribution < 1.29 is 0 Å². The third-order valence-electron chi connectivity index (χ3n) is 0.713. The molecule has 1 rings (SSSR count). The van der Waals surface area contributed by atoms with E-state index in [1.165, 1.54) is 8.04 Å². The van der Waals surface area contributed by atoms with E-state index in [9.17, 15) is 0 Å². The summed E-state index contributed by atoms with van der Waals surface area (Å²) in [4.78, 5) is 0. The Hall–Kier alpha value is 0.560. The monoisotopic (exact) mass is 269 g/mol. The molecule has 0 aromatic heterocycles. The lowest BCUT2D eigenvalue weighted by Crippen LogP contribution is -1.53. The smallest absolute Gasteiger partial charge is 0.0733 e. The van der Waals surface area contributed by atoms with E-state index in [1.807, 2.05) is 12.1 Å². The van der Waals surface area contributed by atoms with Crippen molar-refractivity contribution in [3.63, 3.8) is 0 Å². The Balaban J connectivity index is 3.12. The number of hydrogen-bond acceptors (Lipinski definition) is 0. The van der Waals surface area contributed by atoms with Crippen molar-refractivity contribution in [1.29, 1.82) is 0 Å². The quantitative estimate of drug-likeness (QED) is 0.502. The Kier molecular flexibility index (Phi) is 1.80. The molecule has 0 amide bonds. The first-order chi connectivity index (χ1) is 3.30. The Labute approximate surface area is 64.6 Å². The molecule has 0 heterocycles. The summed E-state index contributed by atoms with van der Waals surface area (Å²) in [5, 5.41) is 0. The lowest BCUT2D eigenvalue weighted by molar-refractivity contribution is 1.79. The maximum absolute atomic E-state index is 3.36. The third kappa shape index (κ3) is 1.22. The van der Waals surface area contributed by atoms with Crippen molar-refractivity contribution in [2.24, 2.45) is 0 Å². The van der Waals surface area contributed by atoms with Gasteiger partial charge in [-0.1, -0.05) is 30.6 Å². The van der Waals surface area contributed by atoms with Crippen LogP contribution in [0.4, 0.5) is 0 Å². The van der Waals surface area contributed by atoms with Crippen molar-refractivity contribution in [2.75, 3.05) is 0 Å². The van der Waals surface area contributed by atoms with Gasteiger partial charge in [0.05, 0.1) is 0 Å². The second-order valence-electron chi connectivity index (χ2n) is 1.22. The molecule has 0 bridgehead atoms. The molecule has 0 aliphatic heterocycles. The standard InChI is InChI=1S/C5H3BrI/c6-4-2-1-3-5(4)7/h1-3H/q-1. The molecule has 2 heteroatoms. The van der Waals surface area contributed by atoms with Crippen LogP contribution in [0.1, 0.15) is 0 Å². The maximum atomic E-state index is 3.36. The number of hydrogen-bond donors (Lipinski definition) is 0. The fraction of sp³-hybridized carbons (Fsp3) is 0. The van der Waals surface area contributed by atoms with Crippen LogP contribution >= 0.6 is 38.5 Å². The predicted molar refractivity (Wildman–Crippen MR) is 42.5 cm³/mol. The molecule has 0 unspecified atom stereocenters. The molecule has 0 aliphatic carbocycles. The fourth-order valence-electron chi connectivity index (χ4n) is 0.376. The van der Waals surface area contributed by atoms with E-state index in [0.717, 1.165) is 0 Å². The molecule has 0 fully saturated rings. The van der Waals surface area contributed by atoms with Crippen molar-refractivity contribution in [3.8, 4) is 0 Å². The van der Waals surface area contributed by atoms with Crippen LogP contribution in [-0.4, -0.2) is 0 Å². The molecule has 0 spiro atoms. The van der Waals surface area contributed by atoms with Crippen LogP contribution < -0.4 is 0 Å². The highest BCUT2D eigenvalue weighted by molar-refractivity contribution is 14.1. The minimum absolute atomic E-state index is 1.19. The summed E-state index contributed by atoms with van der Waals surface area (Å²) in [7, 11) is 0. The molecule has 0 atom stereocenters. The SMILES string of the molecule is Br[c-]1cccc1I. The van der Waals surface area contributed by atoms with E-state index in [0.29, 0.717) is 0 Å². The second kappa shape index (κ2) is 2.22. The van der Waals surface area contributed by atoms with Crippen molar-refractivity contribution in [3.05, 3.63) is 26.2 Å². The van der Waals surface area contributed by atoms with Gasteiger partial charge in [0.25, 0.3) is 0 Å². The first-order valence-electron chi connectivity index (χ1n) is 1.87. The van der Waals surface area contributed by atoms with E-state index in [4.69, 9.17) is 0 Å². The minimum atomic E-state index is 1.19. The van der Waals surface area contributed by atoms with Gasteiger partial charge in [0.1, 0.15) is 0 Å². The Morgan fingerprint density at radius 1 is 1.71 bits per heavy atom. The molecule has 0 nitrogen and oxygen atoms in total. The van der Waals surface area contributed by atoms with Crippen LogP contribution in [0.2, 0.25) is 0 Å². The summed E-state index contributed by atoms with van der Waals surface area (Å²) in [6, 6.07) is 6.11. The van der Waals surface area contributed by atoms with Gasteiger partial charge < -0.3 is 0 Å². The third-order valence-corrected chi connectivity index (χ3v) is 3.09. The van der Waals surface area contributed by atoms with Gasteiger partial charge in [0.15, 0.2) is 0 Å². The molecular weight excluding hydrogens is 267 g/mol. The highest BCUT2D eigenvalue weighted by Gasteiger charge is 1.78. The Morgan fingerprint density at radius 2 is 2.43 bits per heavy atom.